The highest BCUT2D eigenvalue weighted by molar-refractivity contribution is 9.09. The summed E-state index contributed by atoms with van der Waals surface area (Å²) >= 11 is 3.46. The highest BCUT2D eigenvalue weighted by Crippen LogP contribution is 2.67. The van der Waals surface area contributed by atoms with Crippen molar-refractivity contribution in [3.05, 3.63) is 11.6 Å². The Morgan fingerprint density at radius 1 is 1.03 bits per heavy atom. The van der Waals surface area contributed by atoms with E-state index in [9.17, 15) is 4.79 Å². The van der Waals surface area contributed by atoms with Gasteiger partial charge in [0.05, 0.1) is 0 Å². The van der Waals surface area contributed by atoms with E-state index in [-0.39, 0.29) is 12.1 Å². The number of hydrogen-bond acceptors (Lipinski definition) is 2. The Morgan fingerprint density at radius 3 is 2.57 bits per heavy atom. The fraction of sp³-hybridized carbons (Fsp3) is 0.906. The normalized spacial score (nSPS) is 39.4. The summed E-state index contributed by atoms with van der Waals surface area (Å²) in [5, 5.41) is 0.968. The third kappa shape index (κ3) is 5.75. The largest absolute Gasteiger partial charge is 0.462 e. The van der Waals surface area contributed by atoms with Crippen molar-refractivity contribution >= 4 is 21.9 Å². The van der Waals surface area contributed by atoms with Crippen molar-refractivity contribution in [2.45, 2.75) is 131 Å². The predicted octanol–water partition coefficient (Wildman–Crippen LogP) is 9.50. The standard InChI is InChI=1S/C32H53BrO2/c1-22(2)9-8-10-23(3)27-14-15-28-26-13-12-24-21-25(35-30(34)11-6-7-20-33)16-18-31(24,4)29(26)17-19-32(27,28)5/h12,22-23,25-29H,6-11,13-21H2,1-5H3/t23-,25?,26?,27-,28?,29?,31+,32-/m1/s1. The SMILES string of the molecule is CC(C)CCC[C@@H](C)[C@H]1CCC2C3CC=C4CC(OC(=O)CCCCBr)CC[C@]4(C)C3CC[C@@]21C. The molecule has 0 heterocycles. The van der Waals surface area contributed by atoms with Crippen molar-refractivity contribution in [2.24, 2.45) is 46.3 Å². The van der Waals surface area contributed by atoms with Crippen LogP contribution in [0.2, 0.25) is 0 Å². The maximum Gasteiger partial charge on any atom is 0.306 e. The Bertz CT molecular complexity index is 759. The second-order valence-electron chi connectivity index (χ2n) is 13.8. The van der Waals surface area contributed by atoms with Gasteiger partial charge in [-0.3, -0.25) is 4.79 Å². The van der Waals surface area contributed by atoms with Crippen molar-refractivity contribution in [3.8, 4) is 0 Å². The van der Waals surface area contributed by atoms with Crippen LogP contribution < -0.4 is 0 Å². The molecule has 3 saturated carbocycles. The highest BCUT2D eigenvalue weighted by atomic mass is 79.9. The molecule has 0 bridgehead atoms. The molecule has 0 spiro atoms. The van der Waals surface area contributed by atoms with Crippen molar-refractivity contribution in [1.29, 1.82) is 0 Å². The lowest BCUT2D eigenvalue weighted by Crippen LogP contribution is -2.51. The second kappa shape index (κ2) is 11.6. The van der Waals surface area contributed by atoms with Gasteiger partial charge in [0.15, 0.2) is 0 Å². The van der Waals surface area contributed by atoms with E-state index in [1.54, 1.807) is 5.57 Å². The molecule has 0 N–H and O–H groups in total. The molecule has 4 unspecified atom stereocenters. The average molecular weight is 550 g/mol. The number of carbonyl (C=O) groups is 1. The number of carbonyl (C=O) groups excluding carboxylic acids is 1. The van der Waals surface area contributed by atoms with Crippen LogP contribution in [0, 0.1) is 46.3 Å². The van der Waals surface area contributed by atoms with Crippen LogP contribution >= 0.6 is 15.9 Å². The van der Waals surface area contributed by atoms with E-state index in [1.165, 1.54) is 57.8 Å². The van der Waals surface area contributed by atoms with E-state index in [2.05, 4.69) is 56.6 Å². The highest BCUT2D eigenvalue weighted by Gasteiger charge is 2.59. The molecule has 0 aliphatic heterocycles. The molecule has 0 aromatic rings. The summed E-state index contributed by atoms with van der Waals surface area (Å²) in [4.78, 5) is 12.3. The van der Waals surface area contributed by atoms with Crippen LogP contribution in [0.25, 0.3) is 0 Å². The first kappa shape index (κ1) is 27.7. The monoisotopic (exact) mass is 548 g/mol. The van der Waals surface area contributed by atoms with Crippen LogP contribution in [0.3, 0.4) is 0 Å². The summed E-state index contributed by atoms with van der Waals surface area (Å²) in [7, 11) is 0. The number of esters is 1. The Morgan fingerprint density at radius 2 is 1.83 bits per heavy atom. The molecule has 3 fully saturated rings. The summed E-state index contributed by atoms with van der Waals surface area (Å²) in [5.74, 6) is 5.29. The minimum absolute atomic E-state index is 0.0155. The molecular weight excluding hydrogens is 496 g/mol. The maximum absolute atomic E-state index is 12.3. The number of unbranched alkanes of at least 4 members (excludes halogenated alkanes) is 1. The van der Waals surface area contributed by atoms with Gasteiger partial charge in [0.1, 0.15) is 6.10 Å². The van der Waals surface area contributed by atoms with Gasteiger partial charge in [-0.1, -0.05) is 81.5 Å². The van der Waals surface area contributed by atoms with Crippen LogP contribution in [0.15, 0.2) is 11.6 Å². The van der Waals surface area contributed by atoms with E-state index in [0.717, 1.165) is 66.5 Å². The first-order chi connectivity index (χ1) is 16.7. The predicted molar refractivity (Wildman–Crippen MR) is 151 cm³/mol. The third-order valence-electron chi connectivity index (χ3n) is 11.3. The van der Waals surface area contributed by atoms with Gasteiger partial charge in [-0.25, -0.2) is 0 Å². The zero-order valence-corrected chi connectivity index (χ0v) is 25.0. The Kier molecular flexibility index (Phi) is 9.19. The third-order valence-corrected chi connectivity index (χ3v) is 11.9. The van der Waals surface area contributed by atoms with Crippen LogP contribution in [0.4, 0.5) is 0 Å². The van der Waals surface area contributed by atoms with Gasteiger partial charge in [0.2, 0.25) is 0 Å². The summed E-state index contributed by atoms with van der Waals surface area (Å²) in [6, 6.07) is 0. The van der Waals surface area contributed by atoms with Crippen molar-refractivity contribution in [1.82, 2.24) is 0 Å². The Labute approximate surface area is 224 Å². The fourth-order valence-corrected chi connectivity index (χ4v) is 9.76. The minimum Gasteiger partial charge on any atom is -0.462 e. The molecule has 35 heavy (non-hydrogen) atoms. The first-order valence-electron chi connectivity index (χ1n) is 15.1. The average Bonchev–Trinajstić information content (AvgIpc) is 3.16. The van der Waals surface area contributed by atoms with Crippen LogP contribution in [0.5, 0.6) is 0 Å². The molecule has 0 saturated heterocycles. The molecule has 4 aliphatic carbocycles. The molecule has 0 aromatic carbocycles. The molecule has 2 nitrogen and oxygen atoms in total. The van der Waals surface area contributed by atoms with Gasteiger partial charge in [-0.05, 0) is 104 Å². The quantitative estimate of drug-likeness (QED) is 0.117. The molecule has 200 valence electrons. The van der Waals surface area contributed by atoms with E-state index in [4.69, 9.17) is 4.74 Å². The van der Waals surface area contributed by atoms with E-state index in [0.29, 0.717) is 17.3 Å². The smallest absolute Gasteiger partial charge is 0.306 e. The number of alkyl halides is 1. The van der Waals surface area contributed by atoms with Gasteiger partial charge in [0, 0.05) is 18.2 Å². The van der Waals surface area contributed by atoms with Crippen LogP contribution in [0.1, 0.15) is 125 Å². The summed E-state index contributed by atoms with van der Waals surface area (Å²) in [5.41, 5.74) is 2.52. The molecule has 4 rings (SSSR count). The number of fused-ring (bicyclic) bond motifs is 5. The van der Waals surface area contributed by atoms with Gasteiger partial charge in [-0.2, -0.15) is 0 Å². The molecular formula is C32H53BrO2. The Balaban J connectivity index is 1.39. The molecule has 0 aromatic heterocycles. The zero-order chi connectivity index (χ0) is 25.2. The van der Waals surface area contributed by atoms with E-state index < -0.39 is 0 Å². The second-order valence-corrected chi connectivity index (χ2v) is 14.6. The van der Waals surface area contributed by atoms with Crippen molar-refractivity contribution in [2.75, 3.05) is 5.33 Å². The summed E-state index contributed by atoms with van der Waals surface area (Å²) in [6.07, 6.45) is 19.8. The van der Waals surface area contributed by atoms with E-state index in [1.807, 2.05) is 0 Å². The fourth-order valence-electron chi connectivity index (χ4n) is 9.36. The number of rotatable bonds is 10. The van der Waals surface area contributed by atoms with Crippen LogP contribution in [-0.2, 0) is 9.53 Å². The number of halogens is 1. The van der Waals surface area contributed by atoms with Crippen LogP contribution in [-0.4, -0.2) is 17.4 Å². The van der Waals surface area contributed by atoms with E-state index >= 15 is 0 Å². The number of allylic oxidation sites excluding steroid dienone is 1. The molecule has 3 heteroatoms. The molecule has 4 aliphatic rings. The van der Waals surface area contributed by atoms with Gasteiger partial charge < -0.3 is 4.74 Å². The molecule has 0 radical (unpaired) electrons. The number of ether oxygens (including phenoxy) is 1. The lowest BCUT2D eigenvalue weighted by atomic mass is 9.47. The maximum atomic E-state index is 12.3. The van der Waals surface area contributed by atoms with Gasteiger partial charge in [-0.15, -0.1) is 0 Å². The number of hydrogen-bond donors (Lipinski definition) is 0. The minimum atomic E-state index is 0.0155. The lowest BCUT2D eigenvalue weighted by Gasteiger charge is -2.58. The van der Waals surface area contributed by atoms with Gasteiger partial charge >= 0.3 is 5.97 Å². The molecule has 8 atom stereocenters. The topological polar surface area (TPSA) is 26.3 Å². The van der Waals surface area contributed by atoms with Gasteiger partial charge in [0.25, 0.3) is 0 Å². The lowest BCUT2D eigenvalue weighted by molar-refractivity contribution is -0.151. The van der Waals surface area contributed by atoms with Crippen molar-refractivity contribution < 1.29 is 9.53 Å². The van der Waals surface area contributed by atoms with Crippen molar-refractivity contribution in [3.63, 3.8) is 0 Å². The summed E-state index contributed by atoms with van der Waals surface area (Å²) in [6.45, 7) is 12.6. The Hall–Kier alpha value is -0.310. The summed E-state index contributed by atoms with van der Waals surface area (Å²) < 4.78 is 5.95. The first-order valence-corrected chi connectivity index (χ1v) is 16.3. The zero-order valence-electron chi connectivity index (χ0n) is 23.4. The molecule has 0 amide bonds.